The monoisotopic (exact) mass is 342 g/mol. The summed E-state index contributed by atoms with van der Waals surface area (Å²) in [6.45, 7) is 10.9. The molecule has 1 amide bonds. The van der Waals surface area contributed by atoms with Crippen molar-refractivity contribution in [3.05, 3.63) is 0 Å². The van der Waals surface area contributed by atoms with Crippen LogP contribution in [0.1, 0.15) is 53.4 Å². The Morgan fingerprint density at radius 2 is 2.00 bits per heavy atom. The largest absolute Gasteiger partial charge is 0.444 e. The molecule has 0 aromatic carbocycles. The molecule has 2 aliphatic heterocycles. The molecule has 5 heteroatoms. The van der Waals surface area contributed by atoms with Gasteiger partial charge in [0, 0.05) is 19.1 Å². The highest BCUT2D eigenvalue weighted by Crippen LogP contribution is 2.24. The van der Waals surface area contributed by atoms with Gasteiger partial charge in [0.15, 0.2) is 0 Å². The summed E-state index contributed by atoms with van der Waals surface area (Å²) in [4.78, 5) is 14.2. The van der Waals surface area contributed by atoms with Gasteiger partial charge in [0.2, 0.25) is 0 Å². The van der Waals surface area contributed by atoms with Gasteiger partial charge in [0.05, 0.1) is 0 Å². The SMILES string of the molecule is CC(NCC1CCSCC1)C1CCCN(C(=O)OC(C)(C)C)C1. The minimum atomic E-state index is -0.410. The highest BCUT2D eigenvalue weighted by Gasteiger charge is 2.30. The summed E-state index contributed by atoms with van der Waals surface area (Å²) in [5.74, 6) is 4.01. The Morgan fingerprint density at radius 3 is 2.65 bits per heavy atom. The first-order valence-corrected chi connectivity index (χ1v) is 10.3. The predicted molar refractivity (Wildman–Crippen MR) is 98.0 cm³/mol. The number of likely N-dealkylation sites (tertiary alicyclic amines) is 1. The van der Waals surface area contributed by atoms with Crippen molar-refractivity contribution in [3.63, 3.8) is 0 Å². The maximum absolute atomic E-state index is 12.3. The number of amides is 1. The summed E-state index contributed by atoms with van der Waals surface area (Å²) in [6, 6.07) is 0.467. The maximum atomic E-state index is 12.3. The van der Waals surface area contributed by atoms with Crippen LogP contribution in [0, 0.1) is 11.8 Å². The van der Waals surface area contributed by atoms with Crippen molar-refractivity contribution in [2.24, 2.45) is 11.8 Å². The van der Waals surface area contributed by atoms with Gasteiger partial charge in [0.25, 0.3) is 0 Å². The van der Waals surface area contributed by atoms with Crippen molar-refractivity contribution in [3.8, 4) is 0 Å². The summed E-state index contributed by atoms with van der Waals surface area (Å²) in [5.41, 5.74) is -0.410. The molecular formula is C18H34N2O2S. The first-order chi connectivity index (χ1) is 10.8. The topological polar surface area (TPSA) is 41.6 Å². The zero-order valence-electron chi connectivity index (χ0n) is 15.3. The van der Waals surface area contributed by atoms with E-state index >= 15 is 0 Å². The second-order valence-corrected chi connectivity index (χ2v) is 9.31. The van der Waals surface area contributed by atoms with Gasteiger partial charge < -0.3 is 15.0 Å². The number of carbonyl (C=O) groups excluding carboxylic acids is 1. The van der Waals surface area contributed by atoms with Crippen molar-refractivity contribution in [1.29, 1.82) is 0 Å². The Morgan fingerprint density at radius 1 is 1.30 bits per heavy atom. The van der Waals surface area contributed by atoms with E-state index in [2.05, 4.69) is 24.0 Å². The number of thioether (sulfide) groups is 1. The summed E-state index contributed by atoms with van der Waals surface area (Å²) < 4.78 is 5.52. The third kappa shape index (κ3) is 6.54. The number of carbonyl (C=O) groups is 1. The molecule has 23 heavy (non-hydrogen) atoms. The van der Waals surface area contributed by atoms with Gasteiger partial charge >= 0.3 is 6.09 Å². The van der Waals surface area contributed by atoms with Crippen LogP contribution >= 0.6 is 11.8 Å². The molecule has 0 aliphatic carbocycles. The molecule has 0 bridgehead atoms. The average Bonchev–Trinajstić information content (AvgIpc) is 2.52. The second-order valence-electron chi connectivity index (χ2n) is 8.08. The number of hydrogen-bond acceptors (Lipinski definition) is 4. The maximum Gasteiger partial charge on any atom is 0.410 e. The van der Waals surface area contributed by atoms with Crippen LogP contribution in [-0.4, -0.2) is 53.8 Å². The number of hydrogen-bond donors (Lipinski definition) is 1. The molecule has 0 spiro atoms. The van der Waals surface area contributed by atoms with Crippen LogP contribution in [0.5, 0.6) is 0 Å². The van der Waals surface area contributed by atoms with Gasteiger partial charge in [-0.1, -0.05) is 0 Å². The van der Waals surface area contributed by atoms with E-state index in [0.717, 1.165) is 32.0 Å². The van der Waals surface area contributed by atoms with Crippen molar-refractivity contribution >= 4 is 17.9 Å². The smallest absolute Gasteiger partial charge is 0.410 e. The van der Waals surface area contributed by atoms with E-state index in [9.17, 15) is 4.79 Å². The minimum Gasteiger partial charge on any atom is -0.444 e. The van der Waals surface area contributed by atoms with E-state index in [1.54, 1.807) is 0 Å². The molecule has 0 radical (unpaired) electrons. The molecule has 4 nitrogen and oxygen atoms in total. The number of nitrogens with zero attached hydrogens (tertiary/aromatic N) is 1. The zero-order chi connectivity index (χ0) is 16.9. The van der Waals surface area contributed by atoms with Gasteiger partial charge in [-0.3, -0.25) is 0 Å². The molecule has 2 heterocycles. The van der Waals surface area contributed by atoms with Crippen LogP contribution in [0.4, 0.5) is 4.79 Å². The van der Waals surface area contributed by atoms with Crippen LogP contribution in [0.15, 0.2) is 0 Å². The molecule has 2 fully saturated rings. The number of nitrogens with one attached hydrogen (secondary N) is 1. The first kappa shape index (κ1) is 18.9. The Balaban J connectivity index is 1.76. The van der Waals surface area contributed by atoms with Crippen LogP contribution in [-0.2, 0) is 4.74 Å². The number of ether oxygens (including phenoxy) is 1. The van der Waals surface area contributed by atoms with Gasteiger partial charge in [0.1, 0.15) is 5.60 Å². The van der Waals surface area contributed by atoms with Crippen molar-refractivity contribution in [2.75, 3.05) is 31.1 Å². The van der Waals surface area contributed by atoms with E-state index in [1.807, 2.05) is 25.7 Å². The molecule has 0 aromatic heterocycles. The molecule has 0 aromatic rings. The van der Waals surface area contributed by atoms with Crippen LogP contribution in [0.25, 0.3) is 0 Å². The molecule has 2 atom stereocenters. The Bertz CT molecular complexity index is 378. The van der Waals surface area contributed by atoms with E-state index < -0.39 is 5.60 Å². The quantitative estimate of drug-likeness (QED) is 0.845. The molecule has 2 rings (SSSR count). The Labute approximate surface area is 146 Å². The lowest BCUT2D eigenvalue weighted by Crippen LogP contribution is -2.48. The molecule has 2 unspecified atom stereocenters. The fraction of sp³-hybridized carbons (Fsp3) is 0.944. The third-order valence-corrected chi connectivity index (χ3v) is 5.93. The van der Waals surface area contributed by atoms with Gasteiger partial charge in [-0.05, 0) is 83.3 Å². The third-order valence-electron chi connectivity index (χ3n) is 4.89. The lowest BCUT2D eigenvalue weighted by molar-refractivity contribution is 0.0147. The highest BCUT2D eigenvalue weighted by molar-refractivity contribution is 7.99. The molecule has 2 saturated heterocycles. The Hall–Kier alpha value is -0.420. The fourth-order valence-corrected chi connectivity index (χ4v) is 4.58. The average molecular weight is 343 g/mol. The summed E-state index contributed by atoms with van der Waals surface area (Å²) in [6.07, 6.45) is 4.82. The summed E-state index contributed by atoms with van der Waals surface area (Å²) >= 11 is 2.08. The van der Waals surface area contributed by atoms with Gasteiger partial charge in [-0.25, -0.2) is 4.79 Å². The van der Waals surface area contributed by atoms with Gasteiger partial charge in [-0.2, -0.15) is 11.8 Å². The van der Waals surface area contributed by atoms with E-state index in [4.69, 9.17) is 4.74 Å². The first-order valence-electron chi connectivity index (χ1n) is 9.14. The van der Waals surface area contributed by atoms with E-state index in [-0.39, 0.29) is 6.09 Å². The Kier molecular flexibility index (Phi) is 7.08. The van der Waals surface area contributed by atoms with E-state index in [1.165, 1.54) is 30.8 Å². The minimum absolute atomic E-state index is 0.154. The lowest BCUT2D eigenvalue weighted by atomic mass is 9.91. The standard InChI is InChI=1S/C18H34N2O2S/c1-14(19-12-15-7-10-23-11-8-15)16-6-5-9-20(13-16)17(21)22-18(2,3)4/h14-16,19H,5-13H2,1-4H3. The fourth-order valence-electron chi connectivity index (χ4n) is 3.38. The highest BCUT2D eigenvalue weighted by atomic mass is 32.2. The van der Waals surface area contributed by atoms with Crippen LogP contribution in [0.2, 0.25) is 0 Å². The van der Waals surface area contributed by atoms with Crippen molar-refractivity contribution < 1.29 is 9.53 Å². The normalized spacial score (nSPS) is 25.2. The summed E-state index contributed by atoms with van der Waals surface area (Å²) in [5, 5.41) is 3.74. The molecule has 2 aliphatic rings. The van der Waals surface area contributed by atoms with Crippen LogP contribution < -0.4 is 5.32 Å². The van der Waals surface area contributed by atoms with Crippen molar-refractivity contribution in [2.45, 2.75) is 65.0 Å². The predicted octanol–water partition coefficient (Wildman–Crippen LogP) is 3.75. The van der Waals surface area contributed by atoms with Crippen LogP contribution in [0.3, 0.4) is 0 Å². The van der Waals surface area contributed by atoms with Gasteiger partial charge in [-0.15, -0.1) is 0 Å². The lowest BCUT2D eigenvalue weighted by Gasteiger charge is -2.37. The molecular weight excluding hydrogens is 308 g/mol. The number of piperidine rings is 1. The summed E-state index contributed by atoms with van der Waals surface area (Å²) in [7, 11) is 0. The molecule has 0 saturated carbocycles. The molecule has 134 valence electrons. The second kappa shape index (κ2) is 8.61. The number of rotatable bonds is 4. The van der Waals surface area contributed by atoms with Crippen molar-refractivity contribution in [1.82, 2.24) is 10.2 Å². The molecule has 1 N–H and O–H groups in total. The van der Waals surface area contributed by atoms with E-state index in [0.29, 0.717) is 12.0 Å². The zero-order valence-corrected chi connectivity index (χ0v) is 16.1.